The number of hydrogen-bond donors (Lipinski definition) is 1. The van der Waals surface area contributed by atoms with E-state index in [2.05, 4.69) is 15.6 Å². The number of benzene rings is 2. The van der Waals surface area contributed by atoms with Crippen molar-refractivity contribution in [2.75, 3.05) is 26.8 Å². The fourth-order valence-corrected chi connectivity index (χ4v) is 4.32. The van der Waals surface area contributed by atoms with E-state index >= 15 is 0 Å². The molecule has 0 aliphatic carbocycles. The minimum absolute atomic E-state index is 0.201. The van der Waals surface area contributed by atoms with Crippen LogP contribution in [0.15, 0.2) is 58.7 Å². The Kier molecular flexibility index (Phi) is 7.04. The number of para-hydroxylation sites is 1. The van der Waals surface area contributed by atoms with Crippen molar-refractivity contribution in [3.63, 3.8) is 0 Å². The van der Waals surface area contributed by atoms with Crippen LogP contribution in [0.5, 0.6) is 17.2 Å². The summed E-state index contributed by atoms with van der Waals surface area (Å²) in [6.07, 6.45) is 3.13. The maximum absolute atomic E-state index is 12.8. The summed E-state index contributed by atoms with van der Waals surface area (Å²) in [6, 6.07) is 12.0. The van der Waals surface area contributed by atoms with Gasteiger partial charge in [-0.1, -0.05) is 12.1 Å². The van der Waals surface area contributed by atoms with Gasteiger partial charge in [-0.15, -0.1) is 0 Å². The molecule has 170 valence electrons. The van der Waals surface area contributed by atoms with Crippen molar-refractivity contribution in [1.29, 1.82) is 0 Å². The van der Waals surface area contributed by atoms with Crippen LogP contribution in [-0.2, 0) is 9.84 Å². The first-order valence-corrected chi connectivity index (χ1v) is 11.3. The average Bonchev–Trinajstić information content (AvgIpc) is 3.26. The molecule has 0 fully saturated rings. The number of methoxy groups -OCH3 is 3. The van der Waals surface area contributed by atoms with Crippen molar-refractivity contribution in [2.45, 2.75) is 24.0 Å². The quantitative estimate of drug-likeness (QED) is 0.386. The van der Waals surface area contributed by atoms with Crippen LogP contribution in [0.25, 0.3) is 5.69 Å². The molecule has 0 atom stereocenters. The van der Waals surface area contributed by atoms with Gasteiger partial charge in [0, 0.05) is 11.6 Å². The van der Waals surface area contributed by atoms with Crippen LogP contribution in [0.2, 0.25) is 0 Å². The van der Waals surface area contributed by atoms with Crippen LogP contribution in [0.1, 0.15) is 19.4 Å². The third kappa shape index (κ3) is 4.40. The highest BCUT2D eigenvalue weighted by molar-refractivity contribution is 7.92. The third-order valence-corrected chi connectivity index (χ3v) is 6.98. The highest BCUT2D eigenvalue weighted by atomic mass is 32.2. The first-order valence-electron chi connectivity index (χ1n) is 9.80. The smallest absolute Gasteiger partial charge is 0.203 e. The Morgan fingerprint density at radius 2 is 1.72 bits per heavy atom. The second-order valence-corrected chi connectivity index (χ2v) is 9.46. The zero-order valence-electron chi connectivity index (χ0n) is 18.6. The Morgan fingerprint density at radius 1 is 1.00 bits per heavy atom. The van der Waals surface area contributed by atoms with Gasteiger partial charge in [0.05, 0.1) is 49.6 Å². The van der Waals surface area contributed by atoms with Gasteiger partial charge in [-0.3, -0.25) is 5.43 Å². The molecular weight excluding hydrogens is 432 g/mol. The molecule has 32 heavy (non-hydrogen) atoms. The van der Waals surface area contributed by atoms with Gasteiger partial charge in [-0.2, -0.15) is 10.2 Å². The van der Waals surface area contributed by atoms with E-state index < -0.39 is 15.1 Å². The van der Waals surface area contributed by atoms with Gasteiger partial charge >= 0.3 is 0 Å². The predicted molar refractivity (Wildman–Crippen MR) is 123 cm³/mol. The van der Waals surface area contributed by atoms with Crippen molar-refractivity contribution in [2.24, 2.45) is 5.10 Å². The lowest BCUT2D eigenvalue weighted by Crippen LogP contribution is -2.17. The van der Waals surface area contributed by atoms with Crippen LogP contribution in [0.4, 0.5) is 5.82 Å². The first kappa shape index (κ1) is 23.1. The van der Waals surface area contributed by atoms with Crippen molar-refractivity contribution < 1.29 is 22.6 Å². The zero-order valence-corrected chi connectivity index (χ0v) is 19.4. The molecule has 0 bridgehead atoms. The van der Waals surface area contributed by atoms with Gasteiger partial charge in [0.2, 0.25) is 5.75 Å². The summed E-state index contributed by atoms with van der Waals surface area (Å²) in [7, 11) is 1.10. The van der Waals surface area contributed by atoms with Crippen LogP contribution in [0, 0.1) is 0 Å². The Balaban J connectivity index is 1.94. The lowest BCUT2D eigenvalue weighted by molar-refractivity contribution is 0.324. The molecule has 1 heterocycles. The second-order valence-electron chi connectivity index (χ2n) is 6.98. The summed E-state index contributed by atoms with van der Waals surface area (Å²) in [5.41, 5.74) is 4.01. The number of anilines is 1. The standard InChI is InChI=1S/C22H26N4O5S/c1-15(2)32(27,28)19-9-7-6-8-17(19)26-20(12-13-24-26)25-23-14-16-10-11-18(29-3)22(31-5)21(16)30-4/h6-15,25H,1-5H3/b23-14+. The highest BCUT2D eigenvalue weighted by Gasteiger charge is 2.24. The minimum atomic E-state index is -3.51. The summed E-state index contributed by atoms with van der Waals surface area (Å²) in [5, 5.41) is 8.00. The van der Waals surface area contributed by atoms with Gasteiger partial charge in [-0.25, -0.2) is 13.1 Å². The van der Waals surface area contributed by atoms with Gasteiger partial charge in [0.25, 0.3) is 0 Å². The third-order valence-electron chi connectivity index (χ3n) is 4.78. The van der Waals surface area contributed by atoms with E-state index in [0.29, 0.717) is 34.3 Å². The Morgan fingerprint density at radius 3 is 2.38 bits per heavy atom. The van der Waals surface area contributed by atoms with E-state index in [-0.39, 0.29) is 4.90 Å². The molecule has 1 aromatic heterocycles. The maximum atomic E-state index is 12.8. The molecule has 0 unspecified atom stereocenters. The number of ether oxygens (including phenoxy) is 3. The largest absolute Gasteiger partial charge is 0.493 e. The van der Waals surface area contributed by atoms with Crippen LogP contribution in [-0.4, -0.2) is 51.0 Å². The summed E-state index contributed by atoms with van der Waals surface area (Å²) < 4.78 is 43.3. The number of nitrogens with one attached hydrogen (secondary N) is 1. The number of sulfone groups is 1. The number of hydrogen-bond acceptors (Lipinski definition) is 8. The van der Waals surface area contributed by atoms with Crippen molar-refractivity contribution >= 4 is 21.9 Å². The molecule has 2 aromatic carbocycles. The number of nitrogens with zero attached hydrogens (tertiary/aromatic N) is 3. The lowest BCUT2D eigenvalue weighted by atomic mass is 10.2. The van der Waals surface area contributed by atoms with E-state index in [0.717, 1.165) is 0 Å². The fourth-order valence-electron chi connectivity index (χ4n) is 3.10. The molecule has 0 amide bonds. The summed E-state index contributed by atoms with van der Waals surface area (Å²) in [6.45, 7) is 3.30. The topological polar surface area (TPSA) is 104 Å². The molecular formula is C22H26N4O5S. The molecule has 3 aromatic rings. The van der Waals surface area contributed by atoms with E-state index in [1.54, 1.807) is 75.8 Å². The molecule has 0 aliphatic rings. The second kappa shape index (κ2) is 9.73. The van der Waals surface area contributed by atoms with Crippen molar-refractivity contribution in [3.8, 4) is 22.9 Å². The molecule has 9 nitrogen and oxygen atoms in total. The van der Waals surface area contributed by atoms with Crippen LogP contribution < -0.4 is 19.6 Å². The number of hydrazone groups is 1. The Hall–Kier alpha value is -3.53. The van der Waals surface area contributed by atoms with Gasteiger partial charge in [0.1, 0.15) is 5.82 Å². The monoisotopic (exact) mass is 458 g/mol. The normalized spacial score (nSPS) is 11.7. The van der Waals surface area contributed by atoms with E-state index in [1.165, 1.54) is 18.9 Å². The minimum Gasteiger partial charge on any atom is -0.493 e. The van der Waals surface area contributed by atoms with Gasteiger partial charge < -0.3 is 14.2 Å². The summed E-state index contributed by atoms with van der Waals surface area (Å²) in [4.78, 5) is 0.201. The first-order chi connectivity index (χ1) is 15.3. The average molecular weight is 459 g/mol. The summed E-state index contributed by atoms with van der Waals surface area (Å²) in [5.74, 6) is 1.96. The molecule has 0 aliphatic heterocycles. The van der Waals surface area contributed by atoms with E-state index in [4.69, 9.17) is 14.2 Å². The highest BCUT2D eigenvalue weighted by Crippen LogP contribution is 2.39. The molecule has 3 rings (SSSR count). The lowest BCUT2D eigenvalue weighted by Gasteiger charge is -2.15. The maximum Gasteiger partial charge on any atom is 0.203 e. The molecule has 1 N–H and O–H groups in total. The predicted octanol–water partition coefficient (Wildman–Crippen LogP) is 3.53. The van der Waals surface area contributed by atoms with Gasteiger partial charge in [0.15, 0.2) is 21.3 Å². The van der Waals surface area contributed by atoms with Gasteiger partial charge in [-0.05, 0) is 38.1 Å². The Bertz CT molecular complexity index is 1220. The number of rotatable bonds is 9. The summed E-state index contributed by atoms with van der Waals surface area (Å²) >= 11 is 0. The fraction of sp³-hybridized carbons (Fsp3) is 0.273. The van der Waals surface area contributed by atoms with Crippen molar-refractivity contribution in [1.82, 2.24) is 9.78 Å². The molecule has 10 heteroatoms. The van der Waals surface area contributed by atoms with E-state index in [9.17, 15) is 8.42 Å². The molecule has 0 saturated heterocycles. The van der Waals surface area contributed by atoms with Crippen LogP contribution >= 0.6 is 0 Å². The zero-order chi connectivity index (χ0) is 23.3. The number of aromatic nitrogens is 2. The Labute approximate surface area is 187 Å². The SMILES string of the molecule is COc1ccc(/C=N/Nc2ccnn2-c2ccccc2S(=O)(=O)C(C)C)c(OC)c1OC. The van der Waals surface area contributed by atoms with E-state index in [1.807, 2.05) is 0 Å². The van der Waals surface area contributed by atoms with Crippen molar-refractivity contribution in [3.05, 3.63) is 54.2 Å². The molecule has 0 spiro atoms. The molecule has 0 saturated carbocycles. The van der Waals surface area contributed by atoms with Crippen LogP contribution in [0.3, 0.4) is 0 Å². The molecule has 0 radical (unpaired) electrons.